The highest BCUT2D eigenvalue weighted by Gasteiger charge is 2.32. The summed E-state index contributed by atoms with van der Waals surface area (Å²) in [6.07, 6.45) is 2.01. The van der Waals surface area contributed by atoms with Crippen molar-refractivity contribution in [2.45, 2.75) is 12.3 Å². The monoisotopic (exact) mass is 466 g/mol. The van der Waals surface area contributed by atoms with Crippen molar-refractivity contribution < 1.29 is 9.72 Å². The van der Waals surface area contributed by atoms with E-state index in [4.69, 9.17) is 0 Å². The summed E-state index contributed by atoms with van der Waals surface area (Å²) in [7, 11) is 0. The smallest absolute Gasteiger partial charge is 0.320 e. The molecule has 2 heterocycles. The van der Waals surface area contributed by atoms with E-state index in [1.54, 1.807) is 4.90 Å². The molecule has 1 amide bonds. The number of rotatable bonds is 7. The molecule has 1 aliphatic heterocycles. The van der Waals surface area contributed by atoms with Crippen LogP contribution in [0.15, 0.2) is 91.3 Å². The Morgan fingerprint density at radius 3 is 2.20 bits per heavy atom. The van der Waals surface area contributed by atoms with Crippen LogP contribution in [0.4, 0.5) is 23.0 Å². The number of amides is 1. The second-order valence-electron chi connectivity index (χ2n) is 8.05. The lowest BCUT2D eigenvalue weighted by Crippen LogP contribution is -2.35. The number of hydrogen-bond donors (Lipinski definition) is 2. The van der Waals surface area contributed by atoms with Crippen molar-refractivity contribution in [3.8, 4) is 0 Å². The first kappa shape index (κ1) is 22.0. The van der Waals surface area contributed by atoms with Gasteiger partial charge in [0.05, 0.1) is 10.8 Å². The van der Waals surface area contributed by atoms with E-state index in [1.807, 2.05) is 84.9 Å². The van der Waals surface area contributed by atoms with Crippen LogP contribution in [0.25, 0.3) is 0 Å². The Labute approximate surface area is 201 Å². The number of hydrogen-bond acceptors (Lipinski definition) is 7. The SMILES string of the molecule is O=C(NNc1ncnc(N2CCc3ccccc32)c1[N+](=O)[O-])C(c1ccccc1)c1ccccc1. The molecule has 3 aromatic carbocycles. The summed E-state index contributed by atoms with van der Waals surface area (Å²) >= 11 is 0. The van der Waals surface area contributed by atoms with E-state index in [9.17, 15) is 14.9 Å². The number of nitrogens with one attached hydrogen (secondary N) is 2. The normalized spacial score (nSPS) is 12.3. The van der Waals surface area contributed by atoms with Gasteiger partial charge in [0.15, 0.2) is 0 Å². The van der Waals surface area contributed by atoms with Gasteiger partial charge >= 0.3 is 5.69 Å². The van der Waals surface area contributed by atoms with E-state index in [0.717, 1.165) is 28.8 Å². The Bertz CT molecular complexity index is 1320. The average molecular weight is 467 g/mol. The van der Waals surface area contributed by atoms with Crippen LogP contribution in [0, 0.1) is 10.1 Å². The minimum atomic E-state index is -0.615. The fourth-order valence-electron chi connectivity index (χ4n) is 4.36. The molecule has 35 heavy (non-hydrogen) atoms. The van der Waals surface area contributed by atoms with E-state index in [0.29, 0.717) is 6.54 Å². The summed E-state index contributed by atoms with van der Waals surface area (Å²) < 4.78 is 0. The first-order chi connectivity index (χ1) is 17.1. The molecule has 0 radical (unpaired) electrons. The molecule has 1 aliphatic rings. The quantitative estimate of drug-likeness (QED) is 0.307. The van der Waals surface area contributed by atoms with Crippen LogP contribution in [0.1, 0.15) is 22.6 Å². The highest BCUT2D eigenvalue weighted by atomic mass is 16.6. The number of hydrazine groups is 1. The molecule has 0 saturated heterocycles. The summed E-state index contributed by atoms with van der Waals surface area (Å²) in [4.78, 5) is 34.9. The van der Waals surface area contributed by atoms with Crippen LogP contribution >= 0.6 is 0 Å². The second-order valence-corrected chi connectivity index (χ2v) is 8.05. The van der Waals surface area contributed by atoms with E-state index in [-0.39, 0.29) is 23.2 Å². The molecule has 5 rings (SSSR count). The number of carbonyl (C=O) groups excluding carboxylic acids is 1. The molecule has 0 spiro atoms. The van der Waals surface area contributed by atoms with Crippen LogP contribution in [0.2, 0.25) is 0 Å². The maximum Gasteiger partial charge on any atom is 0.355 e. The summed E-state index contributed by atoms with van der Waals surface area (Å²) in [5.74, 6) is -0.897. The molecule has 4 aromatic rings. The second kappa shape index (κ2) is 9.60. The number of anilines is 3. The fraction of sp³-hybridized carbons (Fsp3) is 0.115. The third-order valence-electron chi connectivity index (χ3n) is 5.96. The highest BCUT2D eigenvalue weighted by Crippen LogP contribution is 2.40. The van der Waals surface area contributed by atoms with Gasteiger partial charge in [0.2, 0.25) is 17.5 Å². The van der Waals surface area contributed by atoms with Crippen molar-refractivity contribution >= 4 is 28.9 Å². The number of fused-ring (bicyclic) bond motifs is 1. The van der Waals surface area contributed by atoms with E-state index < -0.39 is 10.8 Å². The lowest BCUT2D eigenvalue weighted by atomic mass is 9.91. The highest BCUT2D eigenvalue weighted by molar-refractivity contribution is 5.88. The number of carbonyl (C=O) groups is 1. The largest absolute Gasteiger partial charge is 0.355 e. The minimum Gasteiger partial charge on any atom is -0.320 e. The van der Waals surface area contributed by atoms with Crippen molar-refractivity contribution in [3.05, 3.63) is 118 Å². The van der Waals surface area contributed by atoms with E-state index in [1.165, 1.54) is 6.33 Å². The molecule has 0 aliphatic carbocycles. The van der Waals surface area contributed by atoms with Crippen LogP contribution in [-0.4, -0.2) is 27.3 Å². The summed E-state index contributed by atoms with van der Waals surface area (Å²) in [6.45, 7) is 0.563. The zero-order valence-corrected chi connectivity index (χ0v) is 18.7. The molecule has 174 valence electrons. The third kappa shape index (κ3) is 4.39. The number of aromatic nitrogens is 2. The van der Waals surface area contributed by atoms with Gasteiger partial charge in [-0.15, -0.1) is 0 Å². The van der Waals surface area contributed by atoms with E-state index in [2.05, 4.69) is 20.8 Å². The van der Waals surface area contributed by atoms with Gasteiger partial charge in [-0.2, -0.15) is 0 Å². The molecule has 2 N–H and O–H groups in total. The van der Waals surface area contributed by atoms with Gasteiger partial charge in [-0.1, -0.05) is 78.9 Å². The standard InChI is InChI=1S/C26H22N6O3/c33-26(22(19-10-3-1-4-11-19)20-12-5-2-6-13-20)30-29-24-23(32(34)35)25(28-17-27-24)31-16-15-18-9-7-8-14-21(18)31/h1-14,17,22H,15-16H2,(H,30,33)(H,27,28,29). The van der Waals surface area contributed by atoms with Crippen molar-refractivity contribution in [1.82, 2.24) is 15.4 Å². The molecule has 1 aromatic heterocycles. The molecule has 0 unspecified atom stereocenters. The Balaban J connectivity index is 1.44. The van der Waals surface area contributed by atoms with Gasteiger partial charge in [0, 0.05) is 12.2 Å². The van der Waals surface area contributed by atoms with Crippen molar-refractivity contribution in [2.75, 3.05) is 16.9 Å². The Kier molecular flexibility index (Phi) is 6.04. The molecule has 9 nitrogen and oxygen atoms in total. The van der Waals surface area contributed by atoms with Gasteiger partial charge in [-0.05, 0) is 29.2 Å². The van der Waals surface area contributed by atoms with Gasteiger partial charge in [0.1, 0.15) is 6.33 Å². The van der Waals surface area contributed by atoms with Crippen LogP contribution < -0.4 is 15.8 Å². The van der Waals surface area contributed by atoms with Crippen molar-refractivity contribution in [2.24, 2.45) is 0 Å². The molecular weight excluding hydrogens is 444 g/mol. The minimum absolute atomic E-state index is 0.0856. The maximum absolute atomic E-state index is 13.3. The maximum atomic E-state index is 13.3. The molecule has 0 fully saturated rings. The predicted molar refractivity (Wildman–Crippen MR) is 132 cm³/mol. The predicted octanol–water partition coefficient (Wildman–Crippen LogP) is 4.35. The molecule has 0 saturated carbocycles. The zero-order chi connectivity index (χ0) is 24.2. The third-order valence-corrected chi connectivity index (χ3v) is 5.96. The number of nitrogens with zero attached hydrogens (tertiary/aromatic N) is 4. The Hall–Kier alpha value is -4.79. The molecule has 9 heteroatoms. The molecule has 0 bridgehead atoms. The number of nitro groups is 1. The van der Waals surface area contributed by atoms with Gasteiger partial charge in [0.25, 0.3) is 0 Å². The lowest BCUT2D eigenvalue weighted by Gasteiger charge is -2.20. The Morgan fingerprint density at radius 1 is 0.914 bits per heavy atom. The van der Waals surface area contributed by atoms with Gasteiger partial charge in [-0.25, -0.2) is 9.97 Å². The molecule has 0 atom stereocenters. The van der Waals surface area contributed by atoms with Gasteiger partial charge < -0.3 is 4.90 Å². The Morgan fingerprint density at radius 2 is 1.54 bits per heavy atom. The first-order valence-corrected chi connectivity index (χ1v) is 11.1. The topological polar surface area (TPSA) is 113 Å². The fourth-order valence-corrected chi connectivity index (χ4v) is 4.36. The first-order valence-electron chi connectivity index (χ1n) is 11.1. The van der Waals surface area contributed by atoms with Crippen LogP contribution in [-0.2, 0) is 11.2 Å². The molecular formula is C26H22N6O3. The van der Waals surface area contributed by atoms with Crippen molar-refractivity contribution in [1.29, 1.82) is 0 Å². The van der Waals surface area contributed by atoms with Crippen LogP contribution in [0.3, 0.4) is 0 Å². The zero-order valence-electron chi connectivity index (χ0n) is 18.7. The summed E-state index contributed by atoms with van der Waals surface area (Å²) in [5, 5.41) is 12.1. The number of para-hydroxylation sites is 1. The summed E-state index contributed by atoms with van der Waals surface area (Å²) in [6, 6.07) is 26.4. The van der Waals surface area contributed by atoms with Crippen LogP contribution in [0.5, 0.6) is 0 Å². The number of benzene rings is 3. The van der Waals surface area contributed by atoms with E-state index >= 15 is 0 Å². The van der Waals surface area contributed by atoms with Crippen molar-refractivity contribution in [3.63, 3.8) is 0 Å². The lowest BCUT2D eigenvalue weighted by molar-refractivity contribution is -0.383. The van der Waals surface area contributed by atoms with Gasteiger partial charge in [-0.3, -0.25) is 25.8 Å². The average Bonchev–Trinajstić information content (AvgIpc) is 3.33. The summed E-state index contributed by atoms with van der Waals surface area (Å²) in [5.41, 5.74) is 8.56.